The third kappa shape index (κ3) is 4.95. The van der Waals surface area contributed by atoms with Crippen molar-refractivity contribution in [2.24, 2.45) is 10.7 Å². The summed E-state index contributed by atoms with van der Waals surface area (Å²) < 4.78 is 37.3. The lowest BCUT2D eigenvalue weighted by Crippen LogP contribution is -2.23. The number of hydrogen-bond donors (Lipinski definition) is 2. The summed E-state index contributed by atoms with van der Waals surface area (Å²) in [6, 6.07) is 5.81. The first-order valence-corrected chi connectivity index (χ1v) is 7.79. The third-order valence-electron chi connectivity index (χ3n) is 3.23. The molecule has 1 aromatic carbocycles. The Morgan fingerprint density at radius 1 is 1.30 bits per heavy atom. The molecule has 1 heterocycles. The van der Waals surface area contributed by atoms with Crippen molar-refractivity contribution in [3.8, 4) is 0 Å². The fraction of sp³-hybridized carbons (Fsp3) is 0.333. The molecule has 23 heavy (non-hydrogen) atoms. The molecule has 3 N–H and O–H groups in total. The van der Waals surface area contributed by atoms with Gasteiger partial charge in [-0.2, -0.15) is 13.2 Å². The maximum atomic E-state index is 12.4. The van der Waals surface area contributed by atoms with Crippen LogP contribution in [0.25, 0.3) is 0 Å². The molecule has 0 spiro atoms. The van der Waals surface area contributed by atoms with Gasteiger partial charge in [0.15, 0.2) is 11.7 Å². The second-order valence-electron chi connectivity index (χ2n) is 5.07. The van der Waals surface area contributed by atoms with Gasteiger partial charge in [0.2, 0.25) is 0 Å². The molecular weight excluding hydrogens is 325 g/mol. The van der Waals surface area contributed by atoms with Gasteiger partial charge < -0.3 is 11.1 Å². The molecule has 4 nitrogen and oxygen atoms in total. The van der Waals surface area contributed by atoms with Crippen LogP contribution in [0.3, 0.4) is 0 Å². The number of nitrogens with one attached hydrogen (secondary N) is 1. The van der Waals surface area contributed by atoms with Crippen LogP contribution >= 0.6 is 11.3 Å². The highest BCUT2D eigenvalue weighted by Gasteiger charge is 2.33. The standard InChI is InChI=1S/C15H17F3N4S/c1-9-3-4-11(7-10(9)2)21-14(19)20-6-5-13-22-12(8-23-13)15(16,17)18/h3-4,7-8H,5-6H2,1-2H3,(H3,19,20,21). The van der Waals surface area contributed by atoms with Gasteiger partial charge in [0, 0.05) is 24.0 Å². The minimum atomic E-state index is -4.40. The maximum Gasteiger partial charge on any atom is 0.434 e. The lowest BCUT2D eigenvalue weighted by atomic mass is 10.1. The van der Waals surface area contributed by atoms with E-state index in [-0.39, 0.29) is 12.5 Å². The smallest absolute Gasteiger partial charge is 0.370 e. The number of alkyl halides is 3. The molecule has 0 saturated heterocycles. The zero-order valence-electron chi connectivity index (χ0n) is 12.7. The molecule has 1 aromatic heterocycles. The summed E-state index contributed by atoms with van der Waals surface area (Å²) in [6.45, 7) is 4.28. The van der Waals surface area contributed by atoms with Gasteiger partial charge in [0.1, 0.15) is 0 Å². The van der Waals surface area contributed by atoms with Gasteiger partial charge in [-0.15, -0.1) is 11.3 Å². The lowest BCUT2D eigenvalue weighted by molar-refractivity contribution is -0.140. The first-order chi connectivity index (χ1) is 10.8. The number of guanidine groups is 1. The summed E-state index contributed by atoms with van der Waals surface area (Å²) in [7, 11) is 0. The van der Waals surface area contributed by atoms with E-state index in [1.54, 1.807) is 0 Å². The van der Waals surface area contributed by atoms with E-state index in [0.29, 0.717) is 11.4 Å². The van der Waals surface area contributed by atoms with E-state index in [9.17, 15) is 13.2 Å². The number of hydrogen-bond acceptors (Lipinski definition) is 3. The van der Waals surface area contributed by atoms with E-state index in [1.807, 2.05) is 32.0 Å². The Labute approximate surface area is 136 Å². The highest BCUT2D eigenvalue weighted by Crippen LogP contribution is 2.30. The zero-order valence-corrected chi connectivity index (χ0v) is 13.6. The molecule has 0 radical (unpaired) electrons. The monoisotopic (exact) mass is 342 g/mol. The van der Waals surface area contributed by atoms with Gasteiger partial charge in [0.05, 0.1) is 5.01 Å². The number of aliphatic imine (C=N–C) groups is 1. The Hall–Kier alpha value is -2.09. The molecule has 0 aliphatic rings. The fourth-order valence-electron chi connectivity index (χ4n) is 1.83. The van der Waals surface area contributed by atoms with Crippen LogP contribution in [-0.2, 0) is 12.6 Å². The average Bonchev–Trinajstić information content (AvgIpc) is 2.92. The Bertz CT molecular complexity index is 707. The highest BCUT2D eigenvalue weighted by molar-refractivity contribution is 7.09. The largest absolute Gasteiger partial charge is 0.434 e. The minimum absolute atomic E-state index is 0.223. The van der Waals surface area contributed by atoms with Crippen molar-refractivity contribution in [3.63, 3.8) is 0 Å². The molecule has 2 aromatic rings. The topological polar surface area (TPSA) is 63.3 Å². The molecule has 0 fully saturated rings. The Morgan fingerprint density at radius 3 is 2.65 bits per heavy atom. The number of anilines is 1. The van der Waals surface area contributed by atoms with E-state index in [1.165, 1.54) is 5.56 Å². The Balaban J connectivity index is 1.89. The van der Waals surface area contributed by atoms with Gasteiger partial charge >= 0.3 is 6.18 Å². The zero-order chi connectivity index (χ0) is 17.0. The van der Waals surface area contributed by atoms with Gasteiger partial charge in [0.25, 0.3) is 0 Å². The number of halogens is 3. The summed E-state index contributed by atoms with van der Waals surface area (Å²) in [5.41, 5.74) is 8.04. The van der Waals surface area contributed by atoms with Crippen molar-refractivity contribution in [3.05, 3.63) is 45.4 Å². The molecule has 0 saturated carbocycles. The molecule has 0 atom stereocenters. The van der Waals surface area contributed by atoms with E-state index < -0.39 is 11.9 Å². The molecule has 8 heteroatoms. The van der Waals surface area contributed by atoms with Crippen LogP contribution in [0, 0.1) is 13.8 Å². The summed E-state index contributed by atoms with van der Waals surface area (Å²) in [4.78, 5) is 7.65. The number of benzene rings is 1. The first-order valence-electron chi connectivity index (χ1n) is 6.91. The van der Waals surface area contributed by atoms with E-state index in [2.05, 4.69) is 15.3 Å². The molecule has 0 bridgehead atoms. The molecule has 2 rings (SSSR count). The molecule has 0 amide bonds. The maximum absolute atomic E-state index is 12.4. The van der Waals surface area contributed by atoms with Crippen molar-refractivity contribution >= 4 is 23.0 Å². The van der Waals surface area contributed by atoms with Gasteiger partial charge in [-0.3, -0.25) is 4.99 Å². The number of aryl methyl sites for hydroxylation is 2. The summed E-state index contributed by atoms with van der Waals surface area (Å²) in [5, 5.41) is 4.36. The quantitative estimate of drug-likeness (QED) is 0.657. The Morgan fingerprint density at radius 2 is 2.04 bits per heavy atom. The molecule has 0 aliphatic carbocycles. The number of nitrogens with zero attached hydrogens (tertiary/aromatic N) is 2. The van der Waals surface area contributed by atoms with Crippen LogP contribution in [0.15, 0.2) is 28.6 Å². The van der Waals surface area contributed by atoms with E-state index in [0.717, 1.165) is 28.0 Å². The van der Waals surface area contributed by atoms with Crippen LogP contribution in [-0.4, -0.2) is 17.5 Å². The second-order valence-corrected chi connectivity index (χ2v) is 6.01. The SMILES string of the molecule is Cc1ccc(NC(N)=NCCc2nc(C(F)(F)F)cs2)cc1C. The van der Waals surface area contributed by atoms with E-state index in [4.69, 9.17) is 5.73 Å². The van der Waals surface area contributed by atoms with Crippen molar-refractivity contribution in [2.45, 2.75) is 26.4 Å². The predicted molar refractivity (Wildman–Crippen MR) is 86.8 cm³/mol. The number of nitrogens with two attached hydrogens (primary N) is 1. The van der Waals surface area contributed by atoms with Crippen LogP contribution in [0.2, 0.25) is 0 Å². The minimum Gasteiger partial charge on any atom is -0.370 e. The van der Waals surface area contributed by atoms with Crippen LogP contribution in [0.4, 0.5) is 18.9 Å². The summed E-state index contributed by atoms with van der Waals surface area (Å²) >= 11 is 0.974. The van der Waals surface area contributed by atoms with E-state index >= 15 is 0 Å². The van der Waals surface area contributed by atoms with Gasteiger partial charge in [-0.1, -0.05) is 6.07 Å². The highest BCUT2D eigenvalue weighted by atomic mass is 32.1. The normalized spacial score (nSPS) is 12.5. The number of aromatic nitrogens is 1. The van der Waals surface area contributed by atoms with Crippen molar-refractivity contribution in [1.29, 1.82) is 0 Å². The first kappa shape index (κ1) is 17.3. The van der Waals surface area contributed by atoms with Crippen LogP contribution < -0.4 is 11.1 Å². The third-order valence-corrected chi connectivity index (χ3v) is 4.14. The van der Waals surface area contributed by atoms with Gasteiger partial charge in [-0.05, 0) is 37.1 Å². The second kappa shape index (κ2) is 6.99. The molecule has 0 aliphatic heterocycles. The van der Waals surface area contributed by atoms with Crippen molar-refractivity contribution < 1.29 is 13.2 Å². The predicted octanol–water partition coefficient (Wildman–Crippen LogP) is 3.75. The number of thiazole rings is 1. The molecule has 0 unspecified atom stereocenters. The molecule has 124 valence electrons. The summed E-state index contributed by atoms with van der Waals surface area (Å²) in [5.74, 6) is 0.223. The molecular formula is C15H17F3N4S. The fourth-order valence-corrected chi connectivity index (χ4v) is 2.63. The average molecular weight is 342 g/mol. The summed E-state index contributed by atoms with van der Waals surface area (Å²) in [6.07, 6.45) is -4.09. The number of rotatable bonds is 4. The Kier molecular flexibility index (Phi) is 5.25. The van der Waals surface area contributed by atoms with Crippen LogP contribution in [0.1, 0.15) is 21.8 Å². The van der Waals surface area contributed by atoms with Gasteiger partial charge in [-0.25, -0.2) is 4.98 Å². The van der Waals surface area contributed by atoms with Crippen molar-refractivity contribution in [1.82, 2.24) is 4.98 Å². The lowest BCUT2D eigenvalue weighted by Gasteiger charge is -2.07. The van der Waals surface area contributed by atoms with Crippen molar-refractivity contribution in [2.75, 3.05) is 11.9 Å². The van der Waals surface area contributed by atoms with Crippen LogP contribution in [0.5, 0.6) is 0 Å².